The Kier molecular flexibility index (Phi) is 5.19. The SMILES string of the molecule is Cc1cnn(C[C@@H](C)NCC(=O)Nc2oc(C)c(C)c2C#N)c1. The highest BCUT2D eigenvalue weighted by molar-refractivity contribution is 5.92. The first-order chi connectivity index (χ1) is 10.9. The monoisotopic (exact) mass is 315 g/mol. The number of nitriles is 1. The third kappa shape index (κ3) is 4.20. The minimum absolute atomic E-state index is 0.0792. The van der Waals surface area contributed by atoms with Gasteiger partial charge in [0.05, 0.1) is 19.3 Å². The molecular weight excluding hydrogens is 294 g/mol. The topological polar surface area (TPSA) is 95.9 Å². The second-order valence-corrected chi connectivity index (χ2v) is 5.67. The summed E-state index contributed by atoms with van der Waals surface area (Å²) >= 11 is 0. The van der Waals surface area contributed by atoms with Crippen molar-refractivity contribution in [1.82, 2.24) is 15.1 Å². The van der Waals surface area contributed by atoms with E-state index >= 15 is 0 Å². The summed E-state index contributed by atoms with van der Waals surface area (Å²) < 4.78 is 7.25. The minimum Gasteiger partial charge on any atom is -0.444 e. The van der Waals surface area contributed by atoms with Gasteiger partial charge in [-0.05, 0) is 33.3 Å². The van der Waals surface area contributed by atoms with E-state index in [0.29, 0.717) is 17.9 Å². The van der Waals surface area contributed by atoms with E-state index in [0.717, 1.165) is 11.1 Å². The molecule has 0 saturated carbocycles. The summed E-state index contributed by atoms with van der Waals surface area (Å²) in [7, 11) is 0. The molecule has 0 fully saturated rings. The molecule has 0 aliphatic carbocycles. The molecule has 2 aromatic rings. The van der Waals surface area contributed by atoms with Crippen molar-refractivity contribution < 1.29 is 9.21 Å². The maximum absolute atomic E-state index is 12.0. The van der Waals surface area contributed by atoms with Crippen LogP contribution in [0.15, 0.2) is 16.8 Å². The first-order valence-corrected chi connectivity index (χ1v) is 7.43. The van der Waals surface area contributed by atoms with E-state index in [9.17, 15) is 4.79 Å². The van der Waals surface area contributed by atoms with E-state index < -0.39 is 0 Å². The first-order valence-electron chi connectivity index (χ1n) is 7.43. The van der Waals surface area contributed by atoms with Gasteiger partial charge in [-0.15, -0.1) is 0 Å². The van der Waals surface area contributed by atoms with Crippen LogP contribution in [-0.2, 0) is 11.3 Å². The highest BCUT2D eigenvalue weighted by atomic mass is 16.4. The molecule has 0 aliphatic rings. The lowest BCUT2D eigenvalue weighted by Gasteiger charge is -2.13. The van der Waals surface area contributed by atoms with Crippen molar-refractivity contribution in [2.75, 3.05) is 11.9 Å². The van der Waals surface area contributed by atoms with Gasteiger partial charge in [0.25, 0.3) is 0 Å². The van der Waals surface area contributed by atoms with Crippen LogP contribution in [0, 0.1) is 32.1 Å². The number of carbonyl (C=O) groups excluding carboxylic acids is 1. The number of nitrogens with zero attached hydrogens (tertiary/aromatic N) is 3. The van der Waals surface area contributed by atoms with E-state index in [1.54, 1.807) is 20.0 Å². The molecule has 0 aliphatic heterocycles. The van der Waals surface area contributed by atoms with Crippen LogP contribution < -0.4 is 10.6 Å². The lowest BCUT2D eigenvalue weighted by atomic mass is 10.2. The Morgan fingerprint density at radius 3 is 2.83 bits per heavy atom. The summed E-state index contributed by atoms with van der Waals surface area (Å²) in [6.07, 6.45) is 3.75. The van der Waals surface area contributed by atoms with Crippen LogP contribution in [-0.4, -0.2) is 28.3 Å². The summed E-state index contributed by atoms with van der Waals surface area (Å²) in [5, 5.41) is 19.1. The first kappa shape index (κ1) is 16.8. The van der Waals surface area contributed by atoms with Crippen molar-refractivity contribution in [2.45, 2.75) is 40.3 Å². The number of aromatic nitrogens is 2. The second-order valence-electron chi connectivity index (χ2n) is 5.67. The Labute approximate surface area is 135 Å². The molecule has 0 spiro atoms. The molecule has 0 unspecified atom stereocenters. The Morgan fingerprint density at radius 1 is 1.48 bits per heavy atom. The van der Waals surface area contributed by atoms with Gasteiger partial charge in [-0.3, -0.25) is 14.8 Å². The lowest BCUT2D eigenvalue weighted by molar-refractivity contribution is -0.115. The summed E-state index contributed by atoms with van der Waals surface area (Å²) in [5.74, 6) is 0.593. The van der Waals surface area contributed by atoms with Crippen molar-refractivity contribution in [1.29, 1.82) is 5.26 Å². The largest absolute Gasteiger partial charge is 0.444 e. The quantitative estimate of drug-likeness (QED) is 0.848. The number of anilines is 1. The summed E-state index contributed by atoms with van der Waals surface area (Å²) in [4.78, 5) is 12.0. The zero-order chi connectivity index (χ0) is 17.0. The van der Waals surface area contributed by atoms with Gasteiger partial charge in [0.15, 0.2) is 0 Å². The van der Waals surface area contributed by atoms with Crippen LogP contribution in [0.1, 0.15) is 29.4 Å². The van der Waals surface area contributed by atoms with E-state index in [1.165, 1.54) is 0 Å². The summed E-state index contributed by atoms with van der Waals surface area (Å²) in [6, 6.07) is 2.13. The molecule has 0 radical (unpaired) electrons. The normalized spacial score (nSPS) is 12.0. The molecular formula is C16H21N5O2. The molecule has 2 aromatic heterocycles. The Morgan fingerprint density at radius 2 is 2.22 bits per heavy atom. The fourth-order valence-corrected chi connectivity index (χ4v) is 2.20. The van der Waals surface area contributed by atoms with Gasteiger partial charge in [0, 0.05) is 17.8 Å². The van der Waals surface area contributed by atoms with E-state index in [2.05, 4.69) is 15.7 Å². The van der Waals surface area contributed by atoms with Crippen LogP contribution >= 0.6 is 0 Å². The van der Waals surface area contributed by atoms with Crippen LogP contribution in [0.25, 0.3) is 0 Å². The molecule has 122 valence electrons. The van der Waals surface area contributed by atoms with Crippen LogP contribution in [0.4, 0.5) is 5.88 Å². The number of aryl methyl sites for hydroxylation is 2. The van der Waals surface area contributed by atoms with Gasteiger partial charge in [0.1, 0.15) is 17.4 Å². The van der Waals surface area contributed by atoms with Crippen molar-refractivity contribution in [3.8, 4) is 6.07 Å². The summed E-state index contributed by atoms with van der Waals surface area (Å²) in [6.45, 7) is 8.31. The lowest BCUT2D eigenvalue weighted by Crippen LogP contribution is -2.37. The smallest absolute Gasteiger partial charge is 0.240 e. The highest BCUT2D eigenvalue weighted by Gasteiger charge is 2.16. The average molecular weight is 315 g/mol. The van der Waals surface area contributed by atoms with Gasteiger partial charge >= 0.3 is 0 Å². The van der Waals surface area contributed by atoms with E-state index in [-0.39, 0.29) is 24.4 Å². The molecule has 0 aromatic carbocycles. The minimum atomic E-state index is -0.251. The molecule has 0 saturated heterocycles. The number of nitrogens with one attached hydrogen (secondary N) is 2. The predicted octanol–water partition coefficient (Wildman–Crippen LogP) is 1.89. The fraction of sp³-hybridized carbons (Fsp3) is 0.438. The molecule has 2 N–H and O–H groups in total. The van der Waals surface area contributed by atoms with Gasteiger partial charge in [-0.1, -0.05) is 0 Å². The van der Waals surface area contributed by atoms with Gasteiger partial charge < -0.3 is 9.73 Å². The molecule has 0 bridgehead atoms. The van der Waals surface area contributed by atoms with Gasteiger partial charge in [-0.2, -0.15) is 10.4 Å². The van der Waals surface area contributed by atoms with Crippen molar-refractivity contribution in [3.05, 3.63) is 34.8 Å². The molecule has 2 rings (SSSR count). The maximum atomic E-state index is 12.0. The van der Waals surface area contributed by atoms with E-state index in [1.807, 2.05) is 30.8 Å². The van der Waals surface area contributed by atoms with Crippen molar-refractivity contribution >= 4 is 11.8 Å². The zero-order valence-electron chi connectivity index (χ0n) is 13.8. The maximum Gasteiger partial charge on any atom is 0.240 e. The zero-order valence-corrected chi connectivity index (χ0v) is 13.8. The highest BCUT2D eigenvalue weighted by Crippen LogP contribution is 2.25. The molecule has 1 atom stereocenters. The Balaban J connectivity index is 1.86. The molecule has 2 heterocycles. The van der Waals surface area contributed by atoms with Crippen LogP contribution in [0.3, 0.4) is 0 Å². The average Bonchev–Trinajstić information content (AvgIpc) is 3.01. The van der Waals surface area contributed by atoms with Gasteiger partial charge in [-0.25, -0.2) is 0 Å². The fourth-order valence-electron chi connectivity index (χ4n) is 2.20. The van der Waals surface area contributed by atoms with Crippen LogP contribution in [0.5, 0.6) is 0 Å². The van der Waals surface area contributed by atoms with Gasteiger partial charge in [0.2, 0.25) is 11.8 Å². The third-order valence-electron chi connectivity index (χ3n) is 3.58. The standard InChI is InChI=1S/C16H21N5O2/c1-10-6-19-21(8-10)9-11(2)18-7-15(22)20-16-14(5-17)12(3)13(4)23-16/h6,8,11,18H,7,9H2,1-4H3,(H,20,22)/t11-/m1/s1. The molecule has 23 heavy (non-hydrogen) atoms. The number of amides is 1. The second kappa shape index (κ2) is 7.11. The molecule has 7 nitrogen and oxygen atoms in total. The molecule has 1 amide bonds. The summed E-state index contributed by atoms with van der Waals surface area (Å²) in [5.41, 5.74) is 2.22. The third-order valence-corrected chi connectivity index (χ3v) is 3.58. The van der Waals surface area contributed by atoms with Crippen molar-refractivity contribution in [2.24, 2.45) is 0 Å². The Bertz CT molecular complexity index is 738. The van der Waals surface area contributed by atoms with E-state index in [4.69, 9.17) is 9.68 Å². The predicted molar refractivity (Wildman–Crippen MR) is 86.0 cm³/mol. The number of carbonyl (C=O) groups is 1. The number of hydrogen-bond acceptors (Lipinski definition) is 5. The number of furan rings is 1. The number of hydrogen-bond donors (Lipinski definition) is 2. The Hall–Kier alpha value is -2.59. The molecule has 7 heteroatoms. The number of rotatable bonds is 6. The van der Waals surface area contributed by atoms with Crippen molar-refractivity contribution in [3.63, 3.8) is 0 Å². The van der Waals surface area contributed by atoms with Crippen LogP contribution in [0.2, 0.25) is 0 Å².